The molecule has 0 saturated heterocycles. The van der Waals surface area contributed by atoms with Crippen LogP contribution in [0.5, 0.6) is 0 Å². The van der Waals surface area contributed by atoms with Crippen LogP contribution in [0.15, 0.2) is 30.5 Å². The molecule has 0 bridgehead atoms. The van der Waals surface area contributed by atoms with Crippen LogP contribution in [-0.4, -0.2) is 15.7 Å². The maximum absolute atomic E-state index is 11.7. The van der Waals surface area contributed by atoms with E-state index in [4.69, 9.17) is 0 Å². The average molecular weight is 342 g/mol. The van der Waals surface area contributed by atoms with Crippen molar-refractivity contribution in [3.05, 3.63) is 47.3 Å². The second kappa shape index (κ2) is 8.30. The minimum Gasteiger partial charge on any atom is -0.326 e. The topological polar surface area (TPSA) is 58.9 Å². The van der Waals surface area contributed by atoms with Crippen molar-refractivity contribution in [1.82, 2.24) is 15.1 Å². The fourth-order valence-electron chi connectivity index (χ4n) is 2.76. The molecule has 0 spiro atoms. The molecule has 2 aromatic rings. The lowest BCUT2D eigenvalue weighted by Gasteiger charge is -2.15. The number of rotatable bonds is 7. The van der Waals surface area contributed by atoms with Crippen LogP contribution in [-0.2, 0) is 11.3 Å². The minimum absolute atomic E-state index is 0.0165. The van der Waals surface area contributed by atoms with Gasteiger partial charge in [0, 0.05) is 41.5 Å². The molecule has 136 valence electrons. The highest BCUT2D eigenvalue weighted by Gasteiger charge is 2.14. The molecule has 0 radical (unpaired) electrons. The molecule has 1 heterocycles. The van der Waals surface area contributed by atoms with Crippen LogP contribution in [0.4, 0.5) is 5.69 Å². The van der Waals surface area contributed by atoms with Gasteiger partial charge in [0.05, 0.1) is 6.20 Å². The Morgan fingerprint density at radius 2 is 1.76 bits per heavy atom. The number of nitrogens with zero attached hydrogens (tertiary/aromatic N) is 2. The average Bonchev–Trinajstić information content (AvgIpc) is 2.95. The van der Waals surface area contributed by atoms with Gasteiger partial charge in [-0.05, 0) is 45.4 Å². The van der Waals surface area contributed by atoms with E-state index in [1.165, 1.54) is 16.8 Å². The molecule has 5 heteroatoms. The first kappa shape index (κ1) is 19.2. The SMILES string of the molecule is Cc1c([C@H](C)NCc2ccc(NC(=O)C(C)C)cc2)cnn1C(C)C. The Hall–Kier alpha value is -2.14. The second-order valence-corrected chi connectivity index (χ2v) is 7.17. The number of hydrogen-bond donors (Lipinski definition) is 2. The molecule has 25 heavy (non-hydrogen) atoms. The van der Waals surface area contributed by atoms with Crippen LogP contribution in [0.2, 0.25) is 0 Å². The highest BCUT2D eigenvalue weighted by Crippen LogP contribution is 2.20. The summed E-state index contributed by atoms with van der Waals surface area (Å²) in [7, 11) is 0. The molecule has 0 aliphatic rings. The summed E-state index contributed by atoms with van der Waals surface area (Å²) in [6.07, 6.45) is 1.96. The smallest absolute Gasteiger partial charge is 0.226 e. The summed E-state index contributed by atoms with van der Waals surface area (Å²) < 4.78 is 2.06. The lowest BCUT2D eigenvalue weighted by atomic mass is 10.1. The lowest BCUT2D eigenvalue weighted by Crippen LogP contribution is -2.19. The number of carbonyl (C=O) groups is 1. The quantitative estimate of drug-likeness (QED) is 0.792. The molecular weight excluding hydrogens is 312 g/mol. The normalized spacial score (nSPS) is 12.6. The Morgan fingerprint density at radius 1 is 1.12 bits per heavy atom. The van der Waals surface area contributed by atoms with Gasteiger partial charge in [0.25, 0.3) is 0 Å². The van der Waals surface area contributed by atoms with Gasteiger partial charge in [0.2, 0.25) is 5.91 Å². The predicted octanol–water partition coefficient (Wildman–Crippen LogP) is 4.22. The van der Waals surface area contributed by atoms with Crippen molar-refractivity contribution < 1.29 is 4.79 Å². The highest BCUT2D eigenvalue weighted by molar-refractivity contribution is 5.92. The van der Waals surface area contributed by atoms with Crippen LogP contribution in [0.1, 0.15) is 63.5 Å². The summed E-state index contributed by atoms with van der Waals surface area (Å²) in [6, 6.07) is 8.58. The van der Waals surface area contributed by atoms with Gasteiger partial charge in [0.15, 0.2) is 0 Å². The Morgan fingerprint density at radius 3 is 2.28 bits per heavy atom. The molecule has 0 aliphatic heterocycles. The molecule has 0 saturated carbocycles. The summed E-state index contributed by atoms with van der Waals surface area (Å²) in [5.74, 6) is 0.0225. The molecule has 5 nitrogen and oxygen atoms in total. The second-order valence-electron chi connectivity index (χ2n) is 7.17. The monoisotopic (exact) mass is 342 g/mol. The van der Waals surface area contributed by atoms with Crippen LogP contribution in [0.3, 0.4) is 0 Å². The largest absolute Gasteiger partial charge is 0.326 e. The van der Waals surface area contributed by atoms with Gasteiger partial charge in [-0.15, -0.1) is 0 Å². The van der Waals surface area contributed by atoms with Crippen molar-refractivity contribution in [3.63, 3.8) is 0 Å². The first-order valence-electron chi connectivity index (χ1n) is 8.96. The van der Waals surface area contributed by atoms with E-state index in [1.807, 2.05) is 44.3 Å². The van der Waals surface area contributed by atoms with E-state index >= 15 is 0 Å². The van der Waals surface area contributed by atoms with Gasteiger partial charge in [-0.3, -0.25) is 9.48 Å². The van der Waals surface area contributed by atoms with Crippen molar-refractivity contribution in [3.8, 4) is 0 Å². The number of amides is 1. The van der Waals surface area contributed by atoms with Crippen LogP contribution in [0, 0.1) is 12.8 Å². The van der Waals surface area contributed by atoms with Crippen LogP contribution < -0.4 is 10.6 Å². The molecule has 2 rings (SSSR count). The van der Waals surface area contributed by atoms with Gasteiger partial charge in [-0.2, -0.15) is 5.10 Å². The summed E-state index contributed by atoms with van der Waals surface area (Å²) in [6.45, 7) is 13.1. The first-order chi connectivity index (χ1) is 11.8. The van der Waals surface area contributed by atoms with Gasteiger partial charge < -0.3 is 10.6 Å². The summed E-state index contributed by atoms with van der Waals surface area (Å²) >= 11 is 0. The summed E-state index contributed by atoms with van der Waals surface area (Å²) in [5, 5.41) is 10.9. The lowest BCUT2D eigenvalue weighted by molar-refractivity contribution is -0.118. The fraction of sp³-hybridized carbons (Fsp3) is 0.500. The zero-order valence-corrected chi connectivity index (χ0v) is 16.1. The third-order valence-corrected chi connectivity index (χ3v) is 4.40. The summed E-state index contributed by atoms with van der Waals surface area (Å²) in [4.78, 5) is 11.7. The Kier molecular flexibility index (Phi) is 6.37. The number of aromatic nitrogens is 2. The number of hydrogen-bond acceptors (Lipinski definition) is 3. The highest BCUT2D eigenvalue weighted by atomic mass is 16.1. The third-order valence-electron chi connectivity index (χ3n) is 4.40. The van der Waals surface area contributed by atoms with E-state index in [2.05, 4.69) is 48.1 Å². The van der Waals surface area contributed by atoms with Crippen molar-refractivity contribution in [2.75, 3.05) is 5.32 Å². The molecule has 0 unspecified atom stereocenters. The Labute approximate surface area is 150 Å². The summed E-state index contributed by atoms with van der Waals surface area (Å²) in [5.41, 5.74) is 4.46. The molecular formula is C20H30N4O. The molecule has 0 fully saturated rings. The van der Waals surface area contributed by atoms with E-state index in [0.717, 1.165) is 12.2 Å². The van der Waals surface area contributed by atoms with E-state index in [9.17, 15) is 4.79 Å². The maximum Gasteiger partial charge on any atom is 0.226 e. The van der Waals surface area contributed by atoms with Gasteiger partial charge in [0.1, 0.15) is 0 Å². The first-order valence-corrected chi connectivity index (χ1v) is 8.96. The zero-order valence-electron chi connectivity index (χ0n) is 16.1. The zero-order chi connectivity index (χ0) is 18.6. The van der Waals surface area contributed by atoms with Gasteiger partial charge in [-0.25, -0.2) is 0 Å². The van der Waals surface area contributed by atoms with Gasteiger partial charge in [-0.1, -0.05) is 26.0 Å². The molecule has 2 N–H and O–H groups in total. The van der Waals surface area contributed by atoms with Gasteiger partial charge >= 0.3 is 0 Å². The molecule has 0 aliphatic carbocycles. The number of anilines is 1. The van der Waals surface area contributed by atoms with E-state index < -0.39 is 0 Å². The molecule has 1 atom stereocenters. The molecule has 1 aromatic carbocycles. The number of nitrogens with one attached hydrogen (secondary N) is 2. The standard InChI is InChI=1S/C20H30N4O/c1-13(2)20(25)23-18-9-7-17(8-10-18)11-21-15(5)19-12-22-24(14(3)4)16(19)6/h7-10,12-15,21H,11H2,1-6H3,(H,23,25)/t15-/m0/s1. The Bertz CT molecular complexity index is 701. The van der Waals surface area contributed by atoms with Crippen LogP contribution >= 0.6 is 0 Å². The predicted molar refractivity (Wildman–Crippen MR) is 103 cm³/mol. The molecule has 1 aromatic heterocycles. The molecule has 1 amide bonds. The minimum atomic E-state index is -0.0165. The van der Waals surface area contributed by atoms with Crippen molar-refractivity contribution in [2.24, 2.45) is 5.92 Å². The Balaban J connectivity index is 1.94. The number of benzene rings is 1. The van der Waals surface area contributed by atoms with E-state index in [1.54, 1.807) is 0 Å². The van der Waals surface area contributed by atoms with Crippen molar-refractivity contribution in [2.45, 2.75) is 60.2 Å². The van der Waals surface area contributed by atoms with Crippen molar-refractivity contribution in [1.29, 1.82) is 0 Å². The third kappa shape index (κ3) is 4.92. The van der Waals surface area contributed by atoms with E-state index in [-0.39, 0.29) is 17.9 Å². The fourth-order valence-corrected chi connectivity index (χ4v) is 2.76. The number of carbonyl (C=O) groups excluding carboxylic acids is 1. The van der Waals surface area contributed by atoms with E-state index in [0.29, 0.717) is 6.04 Å². The van der Waals surface area contributed by atoms with Crippen LogP contribution in [0.25, 0.3) is 0 Å². The maximum atomic E-state index is 11.7. The van der Waals surface area contributed by atoms with Crippen molar-refractivity contribution >= 4 is 11.6 Å².